The van der Waals surface area contributed by atoms with Gasteiger partial charge in [-0.25, -0.2) is 4.98 Å². The van der Waals surface area contributed by atoms with Crippen LogP contribution in [0.1, 0.15) is 23.1 Å². The lowest BCUT2D eigenvalue weighted by Gasteiger charge is -2.07. The van der Waals surface area contributed by atoms with E-state index in [9.17, 15) is 0 Å². The molecule has 0 unspecified atom stereocenters. The summed E-state index contributed by atoms with van der Waals surface area (Å²) in [6.45, 7) is 4.93. The first-order valence-corrected chi connectivity index (χ1v) is 6.61. The Morgan fingerprint density at radius 1 is 1.35 bits per heavy atom. The van der Waals surface area contributed by atoms with E-state index in [-0.39, 0.29) is 0 Å². The lowest BCUT2D eigenvalue weighted by molar-refractivity contribution is 1.06. The van der Waals surface area contributed by atoms with E-state index in [1.54, 1.807) is 11.3 Å². The first kappa shape index (κ1) is 11.9. The van der Waals surface area contributed by atoms with Crippen LogP contribution in [0.4, 0.5) is 11.5 Å². The van der Waals surface area contributed by atoms with Crippen LogP contribution < -0.4 is 11.1 Å². The molecule has 3 nitrogen and oxygen atoms in total. The number of anilines is 2. The smallest absolute Gasteiger partial charge is 0.126 e. The molecular weight excluding hydrogens is 230 g/mol. The van der Waals surface area contributed by atoms with Crippen molar-refractivity contribution in [1.29, 1.82) is 0 Å². The molecule has 2 aromatic rings. The summed E-state index contributed by atoms with van der Waals surface area (Å²) >= 11 is 1.79. The number of rotatable bonds is 4. The molecule has 0 aliphatic carbocycles. The summed E-state index contributed by atoms with van der Waals surface area (Å²) in [5.74, 6) is 0.882. The monoisotopic (exact) mass is 247 g/mol. The first-order valence-electron chi connectivity index (χ1n) is 5.73. The van der Waals surface area contributed by atoms with Crippen LogP contribution in [0.15, 0.2) is 23.6 Å². The molecule has 0 amide bonds. The minimum Gasteiger partial charge on any atom is -0.397 e. The van der Waals surface area contributed by atoms with Gasteiger partial charge in [-0.15, -0.1) is 11.3 Å². The summed E-state index contributed by atoms with van der Waals surface area (Å²) in [7, 11) is 0. The van der Waals surface area contributed by atoms with E-state index < -0.39 is 0 Å². The van der Waals surface area contributed by atoms with Crippen molar-refractivity contribution in [2.24, 2.45) is 0 Å². The Labute approximate surface area is 106 Å². The van der Waals surface area contributed by atoms with Gasteiger partial charge in [0.05, 0.1) is 17.9 Å². The number of nitrogen functional groups attached to an aromatic ring is 1. The summed E-state index contributed by atoms with van der Waals surface area (Å²) in [6, 6.07) is 5.99. The molecule has 0 radical (unpaired) electrons. The van der Waals surface area contributed by atoms with Crippen molar-refractivity contribution in [1.82, 2.24) is 4.98 Å². The largest absolute Gasteiger partial charge is 0.397 e. The van der Waals surface area contributed by atoms with Crippen molar-refractivity contribution in [3.05, 3.63) is 39.7 Å². The molecule has 90 valence electrons. The molecule has 2 rings (SSSR count). The summed E-state index contributed by atoms with van der Waals surface area (Å²) in [6.07, 6.45) is 1.08. The van der Waals surface area contributed by atoms with Crippen molar-refractivity contribution in [3.63, 3.8) is 0 Å². The van der Waals surface area contributed by atoms with Crippen molar-refractivity contribution >= 4 is 22.8 Å². The number of hydrogen-bond donors (Lipinski definition) is 2. The predicted octanol–water partition coefficient (Wildman–Crippen LogP) is 3.21. The Hall–Kier alpha value is -1.55. The number of aromatic nitrogens is 1. The van der Waals surface area contributed by atoms with Crippen molar-refractivity contribution in [3.8, 4) is 0 Å². The fraction of sp³-hybridized carbons (Fsp3) is 0.308. The summed E-state index contributed by atoms with van der Waals surface area (Å²) in [5, 5.41) is 5.47. The van der Waals surface area contributed by atoms with Gasteiger partial charge in [0.2, 0.25) is 0 Å². The molecule has 2 aromatic heterocycles. The van der Waals surface area contributed by atoms with Gasteiger partial charge >= 0.3 is 0 Å². The SMILES string of the molecule is CCc1ccsc1CNc1ccc(N)c(C)n1. The number of aryl methyl sites for hydroxylation is 2. The molecule has 3 N–H and O–H groups in total. The molecule has 0 aliphatic rings. The molecule has 0 atom stereocenters. The Kier molecular flexibility index (Phi) is 3.64. The molecule has 17 heavy (non-hydrogen) atoms. The second kappa shape index (κ2) is 5.19. The van der Waals surface area contributed by atoms with Gasteiger partial charge in [-0.05, 0) is 42.5 Å². The van der Waals surface area contributed by atoms with Gasteiger partial charge in [-0.2, -0.15) is 0 Å². The van der Waals surface area contributed by atoms with Crippen LogP contribution in [0.3, 0.4) is 0 Å². The molecular formula is C13H17N3S. The molecule has 0 fully saturated rings. The Bertz CT molecular complexity index is 505. The van der Waals surface area contributed by atoms with Crippen LogP contribution in [0.2, 0.25) is 0 Å². The van der Waals surface area contributed by atoms with E-state index in [1.165, 1.54) is 10.4 Å². The predicted molar refractivity (Wildman–Crippen MR) is 74.4 cm³/mol. The zero-order valence-electron chi connectivity index (χ0n) is 10.2. The van der Waals surface area contributed by atoms with Gasteiger partial charge < -0.3 is 11.1 Å². The third kappa shape index (κ3) is 2.77. The van der Waals surface area contributed by atoms with Gasteiger partial charge in [0.1, 0.15) is 5.82 Å². The first-order chi connectivity index (χ1) is 8.20. The quantitative estimate of drug-likeness (QED) is 0.872. The average Bonchev–Trinajstić information content (AvgIpc) is 2.78. The Morgan fingerprint density at radius 2 is 2.18 bits per heavy atom. The maximum absolute atomic E-state index is 5.74. The minimum atomic E-state index is 0.737. The lowest BCUT2D eigenvalue weighted by atomic mass is 10.2. The summed E-state index contributed by atoms with van der Waals surface area (Å²) in [5.41, 5.74) is 8.76. The maximum atomic E-state index is 5.74. The zero-order chi connectivity index (χ0) is 12.3. The zero-order valence-corrected chi connectivity index (χ0v) is 11.0. The number of nitrogens with two attached hydrogens (primary N) is 1. The highest BCUT2D eigenvalue weighted by Crippen LogP contribution is 2.19. The third-order valence-corrected chi connectivity index (χ3v) is 3.74. The second-order valence-corrected chi connectivity index (χ2v) is 4.95. The third-order valence-electron chi connectivity index (χ3n) is 2.78. The molecule has 4 heteroatoms. The number of nitrogens with one attached hydrogen (secondary N) is 1. The highest BCUT2D eigenvalue weighted by atomic mass is 32.1. The van der Waals surface area contributed by atoms with Crippen LogP contribution in [0, 0.1) is 6.92 Å². The van der Waals surface area contributed by atoms with Gasteiger partial charge in [0, 0.05) is 4.88 Å². The van der Waals surface area contributed by atoms with Crippen LogP contribution in [0.25, 0.3) is 0 Å². The summed E-state index contributed by atoms with van der Waals surface area (Å²) in [4.78, 5) is 5.77. The van der Waals surface area contributed by atoms with E-state index in [0.717, 1.165) is 30.2 Å². The van der Waals surface area contributed by atoms with Gasteiger partial charge in [-0.1, -0.05) is 6.92 Å². The second-order valence-electron chi connectivity index (χ2n) is 3.95. The lowest BCUT2D eigenvalue weighted by Crippen LogP contribution is -2.03. The van der Waals surface area contributed by atoms with Crippen LogP contribution >= 0.6 is 11.3 Å². The average molecular weight is 247 g/mol. The molecule has 0 spiro atoms. The number of hydrogen-bond acceptors (Lipinski definition) is 4. The Balaban J connectivity index is 2.05. The molecule has 0 saturated carbocycles. The summed E-state index contributed by atoms with van der Waals surface area (Å²) < 4.78 is 0. The van der Waals surface area contributed by atoms with Gasteiger partial charge in [0.25, 0.3) is 0 Å². The Morgan fingerprint density at radius 3 is 2.88 bits per heavy atom. The fourth-order valence-electron chi connectivity index (χ4n) is 1.68. The van der Waals surface area contributed by atoms with E-state index in [4.69, 9.17) is 5.73 Å². The number of thiophene rings is 1. The van der Waals surface area contributed by atoms with E-state index >= 15 is 0 Å². The van der Waals surface area contributed by atoms with Crippen molar-refractivity contribution < 1.29 is 0 Å². The van der Waals surface area contributed by atoms with E-state index in [1.807, 2.05) is 19.1 Å². The normalized spacial score (nSPS) is 10.5. The molecule has 0 saturated heterocycles. The van der Waals surface area contributed by atoms with Gasteiger partial charge in [0.15, 0.2) is 0 Å². The standard InChI is InChI=1S/C13H17N3S/c1-3-10-6-7-17-12(10)8-15-13-5-4-11(14)9(2)16-13/h4-7H,3,8,14H2,1-2H3,(H,15,16). The van der Waals surface area contributed by atoms with Crippen molar-refractivity contribution in [2.45, 2.75) is 26.8 Å². The molecule has 2 heterocycles. The highest BCUT2D eigenvalue weighted by molar-refractivity contribution is 7.10. The van der Waals surface area contributed by atoms with E-state index in [0.29, 0.717) is 0 Å². The molecule has 0 bridgehead atoms. The number of pyridine rings is 1. The van der Waals surface area contributed by atoms with Crippen LogP contribution in [0.5, 0.6) is 0 Å². The molecule has 0 aromatic carbocycles. The van der Waals surface area contributed by atoms with Gasteiger partial charge in [-0.3, -0.25) is 0 Å². The van der Waals surface area contributed by atoms with Crippen molar-refractivity contribution in [2.75, 3.05) is 11.1 Å². The minimum absolute atomic E-state index is 0.737. The topological polar surface area (TPSA) is 50.9 Å². The molecule has 0 aliphatic heterocycles. The fourth-order valence-corrected chi connectivity index (χ4v) is 2.59. The van der Waals surface area contributed by atoms with Crippen LogP contribution in [-0.4, -0.2) is 4.98 Å². The highest BCUT2D eigenvalue weighted by Gasteiger charge is 2.03. The maximum Gasteiger partial charge on any atom is 0.126 e. The number of nitrogens with zero attached hydrogens (tertiary/aromatic N) is 1. The van der Waals surface area contributed by atoms with E-state index in [2.05, 4.69) is 28.7 Å². The van der Waals surface area contributed by atoms with Crippen LogP contribution in [-0.2, 0) is 13.0 Å².